The van der Waals surface area contributed by atoms with Crippen LogP contribution in [-0.2, 0) is 14.8 Å². The molecular formula is C21H20N2O4S. The maximum Gasteiger partial charge on any atom is 0.270 e. The molecule has 0 unspecified atom stereocenters. The molecule has 0 radical (unpaired) electrons. The van der Waals surface area contributed by atoms with Gasteiger partial charge in [-0.1, -0.05) is 55.8 Å². The Labute approximate surface area is 164 Å². The van der Waals surface area contributed by atoms with E-state index in [1.165, 1.54) is 18.2 Å². The van der Waals surface area contributed by atoms with Crippen molar-refractivity contribution < 1.29 is 18.0 Å². The van der Waals surface area contributed by atoms with Crippen molar-refractivity contribution in [2.75, 3.05) is 4.90 Å². The van der Waals surface area contributed by atoms with E-state index in [0.717, 1.165) is 11.3 Å². The second-order valence-electron chi connectivity index (χ2n) is 5.72. The number of terminal acetylenes is 1. The highest BCUT2D eigenvalue weighted by atomic mass is 32.2. The monoisotopic (exact) mass is 396 g/mol. The highest BCUT2D eigenvalue weighted by Gasteiger charge is 2.26. The first-order chi connectivity index (χ1) is 13.4. The molecule has 0 fully saturated rings. The third-order valence-electron chi connectivity index (χ3n) is 3.70. The molecule has 0 aliphatic heterocycles. The van der Waals surface area contributed by atoms with Crippen molar-refractivity contribution in [1.29, 1.82) is 0 Å². The molecule has 28 heavy (non-hydrogen) atoms. The van der Waals surface area contributed by atoms with Crippen molar-refractivity contribution in [3.8, 4) is 12.5 Å². The Bertz CT molecular complexity index is 1020. The van der Waals surface area contributed by atoms with E-state index in [0.29, 0.717) is 5.56 Å². The summed E-state index contributed by atoms with van der Waals surface area (Å²) in [6.07, 6.45) is 9.52. The predicted octanol–water partition coefficient (Wildman–Crippen LogP) is 3.09. The molecule has 2 amide bonds. The van der Waals surface area contributed by atoms with E-state index in [-0.39, 0.29) is 17.0 Å². The number of para-hydroxylation sites is 1. The van der Waals surface area contributed by atoms with Gasteiger partial charge in [0.15, 0.2) is 0 Å². The Balaban J connectivity index is 2.38. The minimum atomic E-state index is -4.22. The average Bonchev–Trinajstić information content (AvgIpc) is 2.69. The highest BCUT2D eigenvalue weighted by Crippen LogP contribution is 2.26. The van der Waals surface area contributed by atoms with Crippen LogP contribution in [0.5, 0.6) is 0 Å². The van der Waals surface area contributed by atoms with E-state index in [9.17, 15) is 18.0 Å². The first kappa shape index (κ1) is 20.9. The smallest absolute Gasteiger partial charge is 0.270 e. The van der Waals surface area contributed by atoms with Gasteiger partial charge in [-0.05, 0) is 30.7 Å². The van der Waals surface area contributed by atoms with Gasteiger partial charge in [0, 0.05) is 18.0 Å². The molecule has 2 aromatic rings. The molecule has 0 heterocycles. The Kier molecular flexibility index (Phi) is 7.13. The third kappa shape index (κ3) is 5.09. The summed E-state index contributed by atoms with van der Waals surface area (Å²) in [6.45, 7) is 1.90. The zero-order valence-electron chi connectivity index (χ0n) is 15.3. The quantitative estimate of drug-likeness (QED) is 0.443. The number of anilines is 1. The first-order valence-corrected chi connectivity index (χ1v) is 10.0. The number of amides is 2. The van der Waals surface area contributed by atoms with E-state index in [1.54, 1.807) is 48.6 Å². The summed E-state index contributed by atoms with van der Waals surface area (Å²) >= 11 is 0. The zero-order chi connectivity index (χ0) is 20.6. The number of carbonyl (C=O) groups excluding carboxylic acids is 2. The van der Waals surface area contributed by atoms with E-state index in [1.807, 2.05) is 11.6 Å². The van der Waals surface area contributed by atoms with E-state index < -0.39 is 21.8 Å². The second-order valence-corrected chi connectivity index (χ2v) is 7.37. The van der Waals surface area contributed by atoms with E-state index >= 15 is 0 Å². The summed E-state index contributed by atoms with van der Waals surface area (Å²) < 4.78 is 27.4. The molecule has 2 aromatic carbocycles. The van der Waals surface area contributed by atoms with Crippen molar-refractivity contribution in [3.63, 3.8) is 0 Å². The lowest BCUT2D eigenvalue weighted by Crippen LogP contribution is -2.33. The van der Waals surface area contributed by atoms with Crippen LogP contribution >= 0.6 is 0 Å². The normalized spacial score (nSPS) is 11.0. The fourth-order valence-corrected chi connectivity index (χ4v) is 3.61. The van der Waals surface area contributed by atoms with Gasteiger partial charge in [0.05, 0.1) is 5.69 Å². The molecule has 0 saturated carbocycles. The van der Waals surface area contributed by atoms with Crippen LogP contribution in [0.4, 0.5) is 5.69 Å². The molecule has 0 atom stereocenters. The molecule has 0 spiro atoms. The fourth-order valence-electron chi connectivity index (χ4n) is 2.42. The summed E-state index contributed by atoms with van der Waals surface area (Å²) in [5.41, 5.74) is 0.296. The number of nitrogens with zero attached hydrogens (tertiary/aromatic N) is 1. The van der Waals surface area contributed by atoms with Crippen LogP contribution in [0.15, 0.2) is 71.6 Å². The fraction of sp³-hybridized carbons (Fsp3) is 0.143. The van der Waals surface area contributed by atoms with Gasteiger partial charge in [-0.3, -0.25) is 9.59 Å². The molecule has 7 heteroatoms. The molecule has 2 rings (SSSR count). The standard InChI is InChI=1S/C21H20N2O4S/c1-3-5-7-16-20(24)22-28(26,27)19-15-11-10-14-18(19)23(4-2)21(25)17-12-8-6-9-13-17/h2,5-15H,3,16H2,1H3,(H,22,24). The zero-order valence-corrected chi connectivity index (χ0v) is 16.1. The Morgan fingerprint density at radius 3 is 2.36 bits per heavy atom. The number of nitrogens with one attached hydrogen (secondary N) is 1. The number of allylic oxidation sites excluding steroid dienone is 1. The third-order valence-corrected chi connectivity index (χ3v) is 5.12. The Morgan fingerprint density at radius 2 is 1.71 bits per heavy atom. The van der Waals surface area contributed by atoms with Crippen molar-refractivity contribution >= 4 is 27.5 Å². The summed E-state index contributed by atoms with van der Waals surface area (Å²) in [5, 5.41) is 0. The number of rotatable bonds is 7. The van der Waals surface area contributed by atoms with Crippen molar-refractivity contribution in [1.82, 2.24) is 4.72 Å². The lowest BCUT2D eigenvalue weighted by Gasteiger charge is -2.19. The molecule has 0 aliphatic carbocycles. The average molecular weight is 396 g/mol. The molecule has 0 aliphatic rings. The van der Waals surface area contributed by atoms with Gasteiger partial charge < -0.3 is 0 Å². The van der Waals surface area contributed by atoms with Crippen LogP contribution in [-0.4, -0.2) is 20.2 Å². The predicted molar refractivity (Wildman–Crippen MR) is 108 cm³/mol. The SMILES string of the molecule is C#CN(C(=O)c1ccccc1)c1ccccc1S(=O)(=O)NC(=O)CC=CCC. The molecule has 144 valence electrons. The van der Waals surface area contributed by atoms with Crippen molar-refractivity contribution in [2.24, 2.45) is 0 Å². The van der Waals surface area contributed by atoms with Crippen LogP contribution in [0.3, 0.4) is 0 Å². The van der Waals surface area contributed by atoms with Gasteiger partial charge in [-0.15, -0.1) is 0 Å². The number of hydrogen-bond donors (Lipinski definition) is 1. The van der Waals surface area contributed by atoms with Crippen molar-refractivity contribution in [2.45, 2.75) is 24.7 Å². The van der Waals surface area contributed by atoms with Crippen LogP contribution < -0.4 is 9.62 Å². The van der Waals surface area contributed by atoms with Crippen molar-refractivity contribution in [3.05, 3.63) is 72.3 Å². The van der Waals surface area contributed by atoms with Gasteiger partial charge in [-0.25, -0.2) is 18.0 Å². The minimum Gasteiger partial charge on any atom is -0.274 e. The molecular weight excluding hydrogens is 376 g/mol. The number of carbonyl (C=O) groups is 2. The summed E-state index contributed by atoms with van der Waals surface area (Å²) in [6, 6.07) is 16.2. The number of sulfonamides is 1. The van der Waals surface area contributed by atoms with Crippen LogP contribution in [0.2, 0.25) is 0 Å². The Morgan fingerprint density at radius 1 is 1.07 bits per heavy atom. The molecule has 0 bridgehead atoms. The minimum absolute atomic E-state index is 0.0109. The number of hydrogen-bond acceptors (Lipinski definition) is 4. The maximum absolute atomic E-state index is 12.7. The van der Waals surface area contributed by atoms with Crippen LogP contribution in [0.1, 0.15) is 30.1 Å². The first-order valence-electron chi connectivity index (χ1n) is 8.56. The largest absolute Gasteiger partial charge is 0.274 e. The van der Waals surface area contributed by atoms with Gasteiger partial charge in [0.25, 0.3) is 15.9 Å². The van der Waals surface area contributed by atoms with E-state index in [2.05, 4.69) is 6.04 Å². The van der Waals surface area contributed by atoms with E-state index in [4.69, 9.17) is 6.42 Å². The maximum atomic E-state index is 12.7. The van der Waals surface area contributed by atoms with Gasteiger partial charge in [0.1, 0.15) is 4.90 Å². The van der Waals surface area contributed by atoms with Gasteiger partial charge >= 0.3 is 0 Å². The van der Waals surface area contributed by atoms with Gasteiger partial charge in [0.2, 0.25) is 5.91 Å². The van der Waals surface area contributed by atoms with Crippen LogP contribution in [0.25, 0.3) is 0 Å². The van der Waals surface area contributed by atoms with Gasteiger partial charge in [-0.2, -0.15) is 0 Å². The molecule has 0 saturated heterocycles. The van der Waals surface area contributed by atoms with Crippen LogP contribution in [0, 0.1) is 12.5 Å². The molecule has 1 N–H and O–H groups in total. The topological polar surface area (TPSA) is 83.6 Å². The number of benzene rings is 2. The molecule has 0 aromatic heterocycles. The second kappa shape index (κ2) is 9.53. The lowest BCUT2D eigenvalue weighted by molar-refractivity contribution is -0.118. The molecule has 6 nitrogen and oxygen atoms in total. The Hall–Kier alpha value is -3.37. The summed E-state index contributed by atoms with van der Waals surface area (Å²) in [7, 11) is -4.22. The highest BCUT2D eigenvalue weighted by molar-refractivity contribution is 7.90. The summed E-state index contributed by atoms with van der Waals surface area (Å²) in [4.78, 5) is 25.3. The summed E-state index contributed by atoms with van der Waals surface area (Å²) in [5.74, 6) is -1.23. The lowest BCUT2D eigenvalue weighted by atomic mass is 10.2.